The Kier molecular flexibility index (Phi) is 5.11. The molecular weight excluding hydrogens is 290 g/mol. The highest BCUT2D eigenvalue weighted by atomic mass is 32.2. The summed E-state index contributed by atoms with van der Waals surface area (Å²) in [4.78, 5) is 0. The molecule has 1 unspecified atom stereocenters. The molecule has 1 aromatic rings. The first-order valence-corrected chi connectivity index (χ1v) is 8.88. The molecular formula is C15H23NO4S. The number of nitrogens with two attached hydrogens (primary N) is 1. The van der Waals surface area contributed by atoms with Gasteiger partial charge in [-0.2, -0.15) is 0 Å². The lowest BCUT2D eigenvalue weighted by atomic mass is 10.1. The number of rotatable bonds is 6. The Morgan fingerprint density at radius 3 is 2.38 bits per heavy atom. The second-order valence-electron chi connectivity index (χ2n) is 5.46. The average molecular weight is 313 g/mol. The molecule has 2 N–H and O–H groups in total. The first-order chi connectivity index (χ1) is 9.97. The quantitative estimate of drug-likeness (QED) is 0.869. The van der Waals surface area contributed by atoms with Crippen molar-refractivity contribution in [2.75, 3.05) is 20.0 Å². The van der Waals surface area contributed by atoms with Crippen molar-refractivity contribution >= 4 is 9.84 Å². The third-order valence-electron chi connectivity index (χ3n) is 4.06. The van der Waals surface area contributed by atoms with Crippen molar-refractivity contribution < 1.29 is 17.9 Å². The van der Waals surface area contributed by atoms with Gasteiger partial charge in [-0.05, 0) is 30.5 Å². The Morgan fingerprint density at radius 2 is 1.81 bits per heavy atom. The summed E-state index contributed by atoms with van der Waals surface area (Å²) in [5.41, 5.74) is 6.83. The molecule has 6 heteroatoms. The summed E-state index contributed by atoms with van der Waals surface area (Å²) in [6, 6.07) is 4.73. The molecule has 1 aromatic carbocycles. The summed E-state index contributed by atoms with van der Waals surface area (Å²) in [6.07, 6.45) is 3.52. The summed E-state index contributed by atoms with van der Waals surface area (Å²) >= 11 is 0. The number of benzene rings is 1. The molecule has 1 fully saturated rings. The maximum absolute atomic E-state index is 12.4. The van der Waals surface area contributed by atoms with Gasteiger partial charge in [-0.25, -0.2) is 8.42 Å². The topological polar surface area (TPSA) is 78.6 Å². The SMILES string of the molecule is COc1ccc(C(N)CS(=O)(=O)C2CCCC2)cc1OC. The minimum atomic E-state index is -3.14. The van der Waals surface area contributed by atoms with Crippen molar-refractivity contribution in [3.8, 4) is 11.5 Å². The van der Waals surface area contributed by atoms with Gasteiger partial charge in [-0.1, -0.05) is 18.9 Å². The average Bonchev–Trinajstić information content (AvgIpc) is 3.01. The molecule has 0 spiro atoms. The monoisotopic (exact) mass is 313 g/mol. The normalized spacial score (nSPS) is 17.7. The number of methoxy groups -OCH3 is 2. The van der Waals surface area contributed by atoms with Crippen LogP contribution in [0.15, 0.2) is 18.2 Å². The Morgan fingerprint density at radius 1 is 1.19 bits per heavy atom. The molecule has 1 aliphatic rings. The third kappa shape index (κ3) is 3.68. The first kappa shape index (κ1) is 16.1. The lowest BCUT2D eigenvalue weighted by molar-refractivity contribution is 0.354. The van der Waals surface area contributed by atoms with Crippen LogP contribution in [-0.4, -0.2) is 33.6 Å². The summed E-state index contributed by atoms with van der Waals surface area (Å²) in [5, 5.41) is -0.219. The van der Waals surface area contributed by atoms with Crippen LogP contribution in [0.25, 0.3) is 0 Å². The zero-order chi connectivity index (χ0) is 15.5. The smallest absolute Gasteiger partial charge is 0.161 e. The van der Waals surface area contributed by atoms with E-state index in [4.69, 9.17) is 15.2 Å². The fraction of sp³-hybridized carbons (Fsp3) is 0.600. The fourth-order valence-electron chi connectivity index (χ4n) is 2.81. The fourth-order valence-corrected chi connectivity index (χ4v) is 4.83. The van der Waals surface area contributed by atoms with Gasteiger partial charge in [0.15, 0.2) is 21.3 Å². The molecule has 118 valence electrons. The van der Waals surface area contributed by atoms with Crippen LogP contribution in [0, 0.1) is 0 Å². The third-order valence-corrected chi connectivity index (χ3v) is 6.37. The maximum atomic E-state index is 12.4. The Hall–Kier alpha value is -1.27. The predicted molar refractivity (Wildman–Crippen MR) is 82.5 cm³/mol. The van der Waals surface area contributed by atoms with Crippen molar-refractivity contribution in [3.63, 3.8) is 0 Å². The minimum absolute atomic E-state index is 0.0207. The van der Waals surface area contributed by atoms with E-state index in [1.807, 2.05) is 0 Å². The summed E-state index contributed by atoms with van der Waals surface area (Å²) < 4.78 is 35.1. The van der Waals surface area contributed by atoms with Gasteiger partial charge in [-0.15, -0.1) is 0 Å². The number of hydrogen-bond donors (Lipinski definition) is 1. The number of sulfone groups is 1. The highest BCUT2D eigenvalue weighted by Crippen LogP contribution is 2.31. The van der Waals surface area contributed by atoms with E-state index in [2.05, 4.69) is 0 Å². The van der Waals surface area contributed by atoms with Crippen LogP contribution in [0.4, 0.5) is 0 Å². The van der Waals surface area contributed by atoms with E-state index in [9.17, 15) is 8.42 Å². The van der Waals surface area contributed by atoms with E-state index in [0.717, 1.165) is 31.2 Å². The minimum Gasteiger partial charge on any atom is -0.493 e. The van der Waals surface area contributed by atoms with Crippen molar-refractivity contribution in [1.29, 1.82) is 0 Å². The second-order valence-corrected chi connectivity index (χ2v) is 7.78. The van der Waals surface area contributed by atoms with Crippen molar-refractivity contribution in [3.05, 3.63) is 23.8 Å². The molecule has 5 nitrogen and oxygen atoms in total. The molecule has 1 saturated carbocycles. The maximum Gasteiger partial charge on any atom is 0.161 e. The van der Waals surface area contributed by atoms with E-state index >= 15 is 0 Å². The highest BCUT2D eigenvalue weighted by molar-refractivity contribution is 7.92. The van der Waals surface area contributed by atoms with Gasteiger partial charge in [0.25, 0.3) is 0 Å². The number of hydrogen-bond acceptors (Lipinski definition) is 5. The molecule has 1 atom stereocenters. The van der Waals surface area contributed by atoms with E-state index in [0.29, 0.717) is 11.5 Å². The van der Waals surface area contributed by atoms with Gasteiger partial charge >= 0.3 is 0 Å². The van der Waals surface area contributed by atoms with Gasteiger partial charge < -0.3 is 15.2 Å². The first-order valence-electron chi connectivity index (χ1n) is 7.17. The molecule has 0 aromatic heterocycles. The van der Waals surface area contributed by atoms with Crippen molar-refractivity contribution in [1.82, 2.24) is 0 Å². The summed E-state index contributed by atoms with van der Waals surface area (Å²) in [5.74, 6) is 1.14. The molecule has 0 heterocycles. The molecule has 0 saturated heterocycles. The van der Waals surface area contributed by atoms with Gasteiger partial charge in [-0.3, -0.25) is 0 Å². The van der Waals surface area contributed by atoms with Gasteiger partial charge in [0, 0.05) is 6.04 Å². The zero-order valence-electron chi connectivity index (χ0n) is 12.5. The van der Waals surface area contributed by atoms with E-state index in [-0.39, 0.29) is 11.0 Å². The van der Waals surface area contributed by atoms with Crippen LogP contribution in [0.5, 0.6) is 11.5 Å². The van der Waals surface area contributed by atoms with Crippen LogP contribution < -0.4 is 15.2 Å². The van der Waals surface area contributed by atoms with Gasteiger partial charge in [0.1, 0.15) is 0 Å². The van der Waals surface area contributed by atoms with Gasteiger partial charge in [0.05, 0.1) is 25.2 Å². The molecule has 0 radical (unpaired) electrons. The van der Waals surface area contributed by atoms with E-state index in [1.165, 1.54) is 0 Å². The Labute approximate surface area is 126 Å². The molecule has 2 rings (SSSR count). The van der Waals surface area contributed by atoms with Gasteiger partial charge in [0.2, 0.25) is 0 Å². The number of ether oxygens (including phenoxy) is 2. The van der Waals surface area contributed by atoms with Crippen LogP contribution in [0.2, 0.25) is 0 Å². The molecule has 0 amide bonds. The summed E-state index contributed by atoms with van der Waals surface area (Å²) in [7, 11) is -0.0381. The van der Waals surface area contributed by atoms with E-state index in [1.54, 1.807) is 32.4 Å². The standard InChI is InChI=1S/C15H23NO4S/c1-19-14-8-7-11(9-15(14)20-2)13(16)10-21(17,18)12-5-3-4-6-12/h7-9,12-13H,3-6,10,16H2,1-2H3. The molecule has 0 bridgehead atoms. The zero-order valence-corrected chi connectivity index (χ0v) is 13.4. The lowest BCUT2D eigenvalue weighted by Crippen LogP contribution is -2.28. The van der Waals surface area contributed by atoms with Crippen molar-refractivity contribution in [2.45, 2.75) is 37.0 Å². The lowest BCUT2D eigenvalue weighted by Gasteiger charge is -2.17. The predicted octanol–water partition coefficient (Wildman–Crippen LogP) is 2.06. The highest BCUT2D eigenvalue weighted by Gasteiger charge is 2.30. The molecule has 1 aliphatic carbocycles. The Balaban J connectivity index is 2.14. The van der Waals surface area contributed by atoms with Crippen LogP contribution >= 0.6 is 0 Å². The van der Waals surface area contributed by atoms with Crippen LogP contribution in [0.1, 0.15) is 37.3 Å². The Bertz CT molecular complexity index is 579. The van der Waals surface area contributed by atoms with Crippen molar-refractivity contribution in [2.24, 2.45) is 5.73 Å². The van der Waals surface area contributed by atoms with Crippen LogP contribution in [0.3, 0.4) is 0 Å². The second kappa shape index (κ2) is 6.66. The molecule has 21 heavy (non-hydrogen) atoms. The van der Waals surface area contributed by atoms with Crippen LogP contribution in [-0.2, 0) is 9.84 Å². The molecule has 0 aliphatic heterocycles. The largest absolute Gasteiger partial charge is 0.493 e. The summed E-state index contributed by atoms with van der Waals surface area (Å²) in [6.45, 7) is 0. The van der Waals surface area contributed by atoms with E-state index < -0.39 is 15.9 Å².